The van der Waals surface area contributed by atoms with Crippen LogP contribution in [0.3, 0.4) is 0 Å². The summed E-state index contributed by atoms with van der Waals surface area (Å²) >= 11 is 8.13. The fraction of sp³-hybridized carbons (Fsp3) is 0.543. The fourth-order valence-corrected chi connectivity index (χ4v) is 10.9. The third-order valence-electron chi connectivity index (χ3n) is 13.1. The summed E-state index contributed by atoms with van der Waals surface area (Å²) < 4.78 is 15.9. The van der Waals surface area contributed by atoms with E-state index in [4.69, 9.17) is 21.1 Å². The number of halogens is 1. The lowest BCUT2D eigenvalue weighted by Gasteiger charge is -2.48. The number of rotatable bonds is 7. The number of benzene rings is 3. The number of fused-ring (bicyclic) bond motifs is 3. The normalized spacial score (nSPS) is 29.8. The molecule has 0 radical (unpaired) electrons. The van der Waals surface area contributed by atoms with Gasteiger partial charge in [0.25, 0.3) is 5.91 Å². The van der Waals surface area contributed by atoms with Gasteiger partial charge in [0.05, 0.1) is 25.5 Å². The van der Waals surface area contributed by atoms with Crippen LogP contribution in [0.2, 0.25) is 5.02 Å². The van der Waals surface area contributed by atoms with Gasteiger partial charge in [-0.05, 0) is 115 Å². The van der Waals surface area contributed by atoms with Crippen molar-refractivity contribution in [1.82, 2.24) is 14.5 Å². The highest BCUT2D eigenvalue weighted by Gasteiger charge is 2.40. The monoisotopic (exact) mass is 782 g/mol. The summed E-state index contributed by atoms with van der Waals surface area (Å²) in [6.45, 7) is 14.2. The van der Waals surface area contributed by atoms with Gasteiger partial charge < -0.3 is 14.4 Å². The van der Waals surface area contributed by atoms with Crippen molar-refractivity contribution in [3.05, 3.63) is 106 Å². The van der Waals surface area contributed by atoms with Gasteiger partial charge in [-0.2, -0.15) is 0 Å². The van der Waals surface area contributed by atoms with Gasteiger partial charge in [0.1, 0.15) is 5.75 Å². The largest absolute Gasteiger partial charge is 0.491 e. The minimum atomic E-state index is -0.0468. The van der Waals surface area contributed by atoms with Crippen LogP contribution in [0, 0.1) is 23.7 Å². The van der Waals surface area contributed by atoms with Crippen LogP contribution in [0.5, 0.6) is 5.75 Å². The molecule has 7 atom stereocenters. The van der Waals surface area contributed by atoms with Crippen molar-refractivity contribution in [3.63, 3.8) is 0 Å². The van der Waals surface area contributed by atoms with Crippen molar-refractivity contribution in [2.45, 2.75) is 69.6 Å². The van der Waals surface area contributed by atoms with E-state index in [1.165, 1.54) is 29.5 Å². The predicted molar refractivity (Wildman–Crippen MR) is 227 cm³/mol. The quantitative estimate of drug-likeness (QED) is 0.191. The van der Waals surface area contributed by atoms with Crippen LogP contribution < -0.4 is 14.4 Å². The molecule has 55 heavy (non-hydrogen) atoms. The highest BCUT2D eigenvalue weighted by molar-refractivity contribution is 7.98. The van der Waals surface area contributed by atoms with Crippen molar-refractivity contribution < 1.29 is 14.3 Å². The predicted octanol–water partition coefficient (Wildman–Crippen LogP) is 8.52. The third kappa shape index (κ3) is 9.26. The average molecular weight is 784 g/mol. The third-order valence-corrected chi connectivity index (χ3v) is 14.6. The number of amides is 1. The Labute approximate surface area is 338 Å². The molecule has 4 heterocycles. The summed E-state index contributed by atoms with van der Waals surface area (Å²) in [6.07, 6.45) is 11.5. The molecule has 5 aliphatic rings. The van der Waals surface area contributed by atoms with Gasteiger partial charge in [0.2, 0.25) is 0 Å². The SMILES string of the molecule is CCCc1cc(Cl)ccc1[C@@H]1COc2ccc3cc2N(C1)C[C@@H]1CC[C@H]1[C@@H](CN1CCN2CCOC[C@@H]2C1)/C=C/C[C@H](C)[C@@H](Cc1ccccc1)SNC3=O. The Bertz CT molecular complexity index is 1790. The lowest BCUT2D eigenvalue weighted by molar-refractivity contribution is -0.0492. The van der Waals surface area contributed by atoms with Crippen molar-refractivity contribution in [3.8, 4) is 5.75 Å². The van der Waals surface area contributed by atoms with Gasteiger partial charge in [-0.15, -0.1) is 0 Å². The summed E-state index contributed by atoms with van der Waals surface area (Å²) in [5.74, 6) is 3.06. The van der Waals surface area contributed by atoms with Crippen molar-refractivity contribution >= 4 is 35.1 Å². The number of aryl methyl sites for hydroxylation is 1. The van der Waals surface area contributed by atoms with E-state index < -0.39 is 0 Å². The molecule has 8 rings (SSSR count). The molecule has 4 aliphatic heterocycles. The molecule has 1 aliphatic carbocycles. The number of morpholine rings is 1. The molecule has 2 bridgehead atoms. The zero-order valence-corrected chi connectivity index (χ0v) is 34.3. The van der Waals surface area contributed by atoms with Crippen LogP contribution in [0.15, 0.2) is 78.9 Å². The van der Waals surface area contributed by atoms with E-state index in [0.717, 1.165) is 101 Å². The van der Waals surface area contributed by atoms with E-state index in [2.05, 4.69) is 94.0 Å². The second-order valence-electron chi connectivity index (χ2n) is 16.8. The number of anilines is 1. The first-order valence-corrected chi connectivity index (χ1v) is 22.2. The lowest BCUT2D eigenvalue weighted by Crippen LogP contribution is -2.59. The van der Waals surface area contributed by atoms with E-state index in [1.807, 2.05) is 18.2 Å². The second kappa shape index (κ2) is 18.1. The minimum absolute atomic E-state index is 0.0468. The Morgan fingerprint density at radius 2 is 1.85 bits per heavy atom. The molecule has 3 fully saturated rings. The molecule has 1 saturated carbocycles. The molecule has 1 amide bonds. The maximum Gasteiger partial charge on any atom is 0.261 e. The maximum atomic E-state index is 13.9. The smallest absolute Gasteiger partial charge is 0.261 e. The Balaban J connectivity index is 1.11. The number of piperazine rings is 1. The number of hydrogen-bond acceptors (Lipinski definition) is 7. The van der Waals surface area contributed by atoms with Gasteiger partial charge in [-0.25, -0.2) is 0 Å². The number of nitrogens with zero attached hydrogens (tertiary/aromatic N) is 3. The van der Waals surface area contributed by atoms with E-state index in [0.29, 0.717) is 41.9 Å². The van der Waals surface area contributed by atoms with Crippen LogP contribution >= 0.6 is 23.5 Å². The fourth-order valence-electron chi connectivity index (χ4n) is 9.75. The number of carbonyl (C=O) groups is 1. The number of nitrogens with one attached hydrogen (secondary N) is 1. The first kappa shape index (κ1) is 38.8. The van der Waals surface area contributed by atoms with E-state index in [1.54, 1.807) is 11.9 Å². The Morgan fingerprint density at radius 3 is 2.69 bits per heavy atom. The number of hydrogen-bond donors (Lipinski definition) is 1. The van der Waals surface area contributed by atoms with Crippen LogP contribution in [-0.2, 0) is 17.6 Å². The van der Waals surface area contributed by atoms with Crippen LogP contribution in [0.1, 0.15) is 72.5 Å². The molecule has 3 aromatic rings. The topological polar surface area (TPSA) is 57.3 Å². The number of allylic oxidation sites excluding steroid dienone is 1. The van der Waals surface area contributed by atoms with Crippen molar-refractivity contribution in [2.75, 3.05) is 70.5 Å². The maximum absolute atomic E-state index is 13.9. The molecule has 1 N–H and O–H groups in total. The molecule has 0 unspecified atom stereocenters. The minimum Gasteiger partial charge on any atom is -0.491 e. The van der Waals surface area contributed by atoms with E-state index >= 15 is 0 Å². The summed E-state index contributed by atoms with van der Waals surface area (Å²) in [6, 6.07) is 23.7. The molecule has 294 valence electrons. The van der Waals surface area contributed by atoms with E-state index in [-0.39, 0.29) is 17.1 Å². The highest BCUT2D eigenvalue weighted by Crippen LogP contribution is 2.45. The number of carbonyl (C=O) groups excluding carboxylic acids is 1. The standard InChI is InChI=1S/C46H59ClN4O3S/c1-3-8-34-24-39(47)15-17-41(34)38-28-51-27-37-13-16-42(37)36(26-49-19-20-50-21-22-53-31-40(50)29-49)12-7-9-32(2)45(23-33-10-5-4-6-11-33)55-48-46(52)35-14-18-44(54-30-38)43(51)25-35/h4-7,10-12,14-15,17-18,24-25,32,36-38,40,42,45H,3,8-9,13,16,19-23,26-31H2,1-2H3,(H,48,52)/b12-7+/t32-,36+,37-,38-,40-,42-,45+/m0/s1. The molecule has 0 spiro atoms. The molecular formula is C46H59ClN4O3S. The Hall–Kier alpha value is -3.01. The van der Waals surface area contributed by atoms with E-state index in [9.17, 15) is 4.79 Å². The van der Waals surface area contributed by atoms with Crippen LogP contribution in [0.4, 0.5) is 5.69 Å². The summed E-state index contributed by atoms with van der Waals surface area (Å²) in [7, 11) is 0. The van der Waals surface area contributed by atoms with Gasteiger partial charge in [-0.1, -0.05) is 80.4 Å². The second-order valence-corrected chi connectivity index (χ2v) is 18.3. The van der Waals surface area contributed by atoms with Gasteiger partial charge in [-0.3, -0.25) is 19.3 Å². The number of ether oxygens (including phenoxy) is 2. The Kier molecular flexibility index (Phi) is 12.8. The summed E-state index contributed by atoms with van der Waals surface area (Å²) in [5, 5.41) is 1.02. The van der Waals surface area contributed by atoms with Gasteiger partial charge >= 0.3 is 0 Å². The van der Waals surface area contributed by atoms with Crippen LogP contribution in [0.25, 0.3) is 0 Å². The first-order valence-electron chi connectivity index (χ1n) is 20.9. The summed E-state index contributed by atoms with van der Waals surface area (Å²) in [5.41, 5.74) is 5.67. The van der Waals surface area contributed by atoms with Crippen molar-refractivity contribution in [2.24, 2.45) is 23.7 Å². The van der Waals surface area contributed by atoms with Gasteiger partial charge in [0, 0.05) is 73.6 Å². The van der Waals surface area contributed by atoms with Gasteiger partial charge in [0.15, 0.2) is 0 Å². The zero-order valence-electron chi connectivity index (χ0n) is 32.7. The molecule has 3 aromatic carbocycles. The zero-order chi connectivity index (χ0) is 37.7. The Morgan fingerprint density at radius 1 is 0.964 bits per heavy atom. The van der Waals surface area contributed by atoms with Crippen molar-refractivity contribution in [1.29, 1.82) is 0 Å². The molecule has 0 aromatic heterocycles. The molecule has 7 nitrogen and oxygen atoms in total. The molecular weight excluding hydrogens is 724 g/mol. The molecule has 9 heteroatoms. The van der Waals surface area contributed by atoms with Crippen LogP contribution in [-0.4, -0.2) is 92.6 Å². The summed E-state index contributed by atoms with van der Waals surface area (Å²) in [4.78, 5) is 21.9. The highest BCUT2D eigenvalue weighted by atomic mass is 35.5. The average Bonchev–Trinajstić information content (AvgIpc) is 3.37. The lowest BCUT2D eigenvalue weighted by atomic mass is 9.66. The first-order chi connectivity index (χ1) is 26.9. The molecule has 2 saturated heterocycles.